The summed E-state index contributed by atoms with van der Waals surface area (Å²) in [5.74, 6) is 0. The van der Waals surface area contributed by atoms with Gasteiger partial charge < -0.3 is 9.80 Å². The Hall–Kier alpha value is -4.28. The number of hydrogen-bond acceptors (Lipinski definition) is 3. The third kappa shape index (κ3) is 5.21. The quantitative estimate of drug-likeness (QED) is 0.152. The number of fused-ring (bicyclic) bond motifs is 11. The molecule has 0 fully saturated rings. The number of thiophene rings is 1. The summed E-state index contributed by atoms with van der Waals surface area (Å²) in [5.41, 5.74) is 25.0. The average molecular weight is 821 g/mol. The largest absolute Gasteiger partial charge is 0.311 e. The standard InChI is InChI=1S/C57H65BN2S/c1-32-28-41-47-42(29-32)60-48-33(2)30-39-44(56(13,14)25-24-55(39,11)12)46(48)57(15)27-26-54(9,10)38-21-22-40(50(60)45(38)57)58(47)51-49(37-31-35(53(6,7)8)18-23-43(37)61-51)59(41)36-19-16-34(17-20-36)52(3,4)5/h16-23,28-31H,24-27H2,1-15H3. The molecule has 0 N–H and O–H groups in total. The number of nitrogens with zero attached hydrogens (tertiary/aromatic N) is 2. The van der Waals surface area contributed by atoms with Gasteiger partial charge in [0.25, 0.3) is 6.71 Å². The van der Waals surface area contributed by atoms with Crippen molar-refractivity contribution in [2.24, 2.45) is 0 Å². The minimum atomic E-state index is -0.104. The molecule has 0 saturated heterocycles. The van der Waals surface area contributed by atoms with Crippen LogP contribution in [0, 0.1) is 13.8 Å². The summed E-state index contributed by atoms with van der Waals surface area (Å²) in [5, 5.41) is 1.37. The van der Waals surface area contributed by atoms with Gasteiger partial charge in [-0.25, -0.2) is 0 Å². The maximum Gasteiger partial charge on any atom is 0.264 e. The van der Waals surface area contributed by atoms with E-state index in [1.807, 2.05) is 11.3 Å². The van der Waals surface area contributed by atoms with Crippen LogP contribution in [-0.2, 0) is 32.5 Å². The SMILES string of the molecule is Cc1cc2c3c(c1)N(c1ccc(C(C)(C)C)cc1)c1c(sc4ccc(C(C)(C)C)cc14)B3c1ccc3c4c1N2c1c(C)cc2c(c1C4(C)CCC3(C)C)C(C)(C)CCC2(C)C. The Labute approximate surface area is 370 Å². The van der Waals surface area contributed by atoms with Crippen molar-refractivity contribution in [2.75, 3.05) is 9.80 Å². The number of benzene rings is 5. The molecular weight excluding hydrogens is 756 g/mol. The molecule has 2 aliphatic carbocycles. The first-order valence-electron chi connectivity index (χ1n) is 23.2. The van der Waals surface area contributed by atoms with Gasteiger partial charge in [0, 0.05) is 43.0 Å². The van der Waals surface area contributed by atoms with Crippen LogP contribution in [0.4, 0.5) is 34.1 Å². The van der Waals surface area contributed by atoms with Crippen molar-refractivity contribution in [3.05, 3.63) is 123 Å². The molecule has 5 aliphatic rings. The van der Waals surface area contributed by atoms with Crippen molar-refractivity contribution in [3.8, 4) is 0 Å². The van der Waals surface area contributed by atoms with Gasteiger partial charge in [-0.2, -0.15) is 0 Å². The van der Waals surface area contributed by atoms with E-state index in [0.717, 1.165) is 6.42 Å². The van der Waals surface area contributed by atoms with Crippen LogP contribution in [0.5, 0.6) is 0 Å². The molecular formula is C57H65BN2S. The normalized spacial score (nSPS) is 21.1. The summed E-state index contributed by atoms with van der Waals surface area (Å²) in [7, 11) is 0. The molecule has 0 saturated carbocycles. The Morgan fingerprint density at radius 1 is 0.557 bits per heavy atom. The van der Waals surface area contributed by atoms with E-state index in [-0.39, 0.29) is 39.2 Å². The predicted octanol–water partition coefficient (Wildman–Crippen LogP) is 14.2. The van der Waals surface area contributed by atoms with Crippen LogP contribution in [0.25, 0.3) is 10.1 Å². The van der Waals surface area contributed by atoms with Crippen LogP contribution < -0.4 is 25.5 Å². The van der Waals surface area contributed by atoms with Crippen LogP contribution in [0.3, 0.4) is 0 Å². The van der Waals surface area contributed by atoms with Crippen LogP contribution in [-0.4, -0.2) is 6.71 Å². The molecule has 1 aromatic heterocycles. The number of anilines is 6. The zero-order valence-electron chi connectivity index (χ0n) is 39.6. The van der Waals surface area contributed by atoms with Gasteiger partial charge in [-0.05, 0) is 164 Å². The molecule has 11 rings (SSSR count). The fourth-order valence-corrected chi connectivity index (χ4v) is 14.0. The highest BCUT2D eigenvalue weighted by atomic mass is 32.1. The topological polar surface area (TPSA) is 6.48 Å². The molecule has 312 valence electrons. The fourth-order valence-electron chi connectivity index (χ4n) is 12.7. The third-order valence-corrected chi connectivity index (χ3v) is 17.6. The number of aryl methyl sites for hydroxylation is 2. The fraction of sp³-hybridized carbons (Fsp3) is 0.439. The lowest BCUT2D eigenvalue weighted by molar-refractivity contribution is 0.311. The lowest BCUT2D eigenvalue weighted by atomic mass is 9.35. The summed E-state index contributed by atoms with van der Waals surface area (Å²) in [4.78, 5) is 5.50. The molecule has 61 heavy (non-hydrogen) atoms. The van der Waals surface area contributed by atoms with Gasteiger partial charge in [0.05, 0.1) is 11.4 Å². The van der Waals surface area contributed by atoms with E-state index in [2.05, 4.69) is 186 Å². The molecule has 0 amide bonds. The lowest BCUT2D eigenvalue weighted by Crippen LogP contribution is -2.62. The van der Waals surface area contributed by atoms with Gasteiger partial charge in [0.15, 0.2) is 0 Å². The summed E-state index contributed by atoms with van der Waals surface area (Å²) in [6.07, 6.45) is 4.78. The van der Waals surface area contributed by atoms with Crippen molar-refractivity contribution in [1.82, 2.24) is 0 Å². The van der Waals surface area contributed by atoms with E-state index in [1.54, 1.807) is 27.8 Å². The minimum Gasteiger partial charge on any atom is -0.311 e. The molecule has 1 unspecified atom stereocenters. The average Bonchev–Trinajstić information content (AvgIpc) is 3.55. The maximum atomic E-state index is 2.83. The van der Waals surface area contributed by atoms with Crippen LogP contribution in [0.2, 0.25) is 0 Å². The second-order valence-corrected chi connectivity index (χ2v) is 25.2. The highest BCUT2D eigenvalue weighted by molar-refractivity contribution is 7.33. The van der Waals surface area contributed by atoms with Gasteiger partial charge in [-0.3, -0.25) is 0 Å². The molecule has 4 heteroatoms. The van der Waals surface area contributed by atoms with Gasteiger partial charge in [-0.15, -0.1) is 11.3 Å². The molecule has 3 aliphatic heterocycles. The van der Waals surface area contributed by atoms with Gasteiger partial charge in [-0.1, -0.05) is 126 Å². The Bertz CT molecular complexity index is 2910. The van der Waals surface area contributed by atoms with Crippen molar-refractivity contribution in [3.63, 3.8) is 0 Å². The van der Waals surface area contributed by atoms with E-state index in [0.29, 0.717) is 0 Å². The zero-order valence-corrected chi connectivity index (χ0v) is 40.5. The summed E-state index contributed by atoms with van der Waals surface area (Å²) in [6, 6.07) is 29.8. The Balaban J connectivity index is 1.30. The van der Waals surface area contributed by atoms with Gasteiger partial charge >= 0.3 is 0 Å². The molecule has 0 bridgehead atoms. The first kappa shape index (κ1) is 39.6. The van der Waals surface area contributed by atoms with Crippen LogP contribution >= 0.6 is 11.3 Å². The Morgan fingerprint density at radius 2 is 1.16 bits per heavy atom. The van der Waals surface area contributed by atoms with Crippen molar-refractivity contribution in [1.29, 1.82) is 0 Å². The van der Waals surface area contributed by atoms with E-state index in [1.165, 1.54) is 101 Å². The smallest absolute Gasteiger partial charge is 0.264 e. The highest BCUT2D eigenvalue weighted by Gasteiger charge is 2.56. The van der Waals surface area contributed by atoms with E-state index < -0.39 is 0 Å². The minimum absolute atomic E-state index is 0.0397. The van der Waals surface area contributed by atoms with Gasteiger partial charge in [0.1, 0.15) is 0 Å². The van der Waals surface area contributed by atoms with Crippen LogP contribution in [0.1, 0.15) is 166 Å². The number of hydrogen-bond donors (Lipinski definition) is 0. The van der Waals surface area contributed by atoms with Crippen LogP contribution in [0.15, 0.2) is 72.8 Å². The monoisotopic (exact) mass is 820 g/mol. The highest BCUT2D eigenvalue weighted by Crippen LogP contribution is 2.65. The molecule has 2 nitrogen and oxygen atoms in total. The molecule has 0 spiro atoms. The van der Waals surface area contributed by atoms with Crippen molar-refractivity contribution >= 4 is 78.0 Å². The first-order chi connectivity index (χ1) is 28.4. The zero-order chi connectivity index (χ0) is 43.3. The summed E-state index contributed by atoms with van der Waals surface area (Å²) < 4.78 is 2.85. The molecule has 5 aromatic carbocycles. The van der Waals surface area contributed by atoms with E-state index >= 15 is 0 Å². The molecule has 0 radical (unpaired) electrons. The van der Waals surface area contributed by atoms with Crippen molar-refractivity contribution in [2.45, 2.75) is 162 Å². The van der Waals surface area contributed by atoms with E-state index in [4.69, 9.17) is 0 Å². The third-order valence-electron chi connectivity index (χ3n) is 16.4. The maximum absolute atomic E-state index is 2.83. The first-order valence-corrected chi connectivity index (χ1v) is 24.0. The predicted molar refractivity (Wildman–Crippen MR) is 267 cm³/mol. The van der Waals surface area contributed by atoms with E-state index in [9.17, 15) is 0 Å². The lowest BCUT2D eigenvalue weighted by Gasteiger charge is -2.57. The molecule has 4 heterocycles. The number of rotatable bonds is 1. The summed E-state index contributed by atoms with van der Waals surface area (Å²) >= 11 is 2.03. The molecule has 1 atom stereocenters. The summed E-state index contributed by atoms with van der Waals surface area (Å²) in [6.45, 7) is 36.8. The Kier molecular flexibility index (Phi) is 7.81. The van der Waals surface area contributed by atoms with Crippen molar-refractivity contribution < 1.29 is 0 Å². The molecule has 6 aromatic rings. The second-order valence-electron chi connectivity index (χ2n) is 24.1. The Morgan fingerprint density at radius 3 is 1.84 bits per heavy atom. The van der Waals surface area contributed by atoms with Gasteiger partial charge in [0.2, 0.25) is 0 Å². The second kappa shape index (κ2) is 12.0.